The van der Waals surface area contributed by atoms with Gasteiger partial charge in [0.25, 0.3) is 0 Å². The normalized spacial score (nSPS) is 10.1. The van der Waals surface area contributed by atoms with Crippen molar-refractivity contribution in [1.82, 2.24) is 15.0 Å². The van der Waals surface area contributed by atoms with Crippen LogP contribution in [0.5, 0.6) is 0 Å². The van der Waals surface area contributed by atoms with Crippen molar-refractivity contribution in [2.75, 3.05) is 11.9 Å². The van der Waals surface area contributed by atoms with Gasteiger partial charge in [0.1, 0.15) is 17.0 Å². The third-order valence-electron chi connectivity index (χ3n) is 2.45. The first kappa shape index (κ1) is 12.1. The van der Waals surface area contributed by atoms with Gasteiger partial charge in [-0.1, -0.05) is 11.8 Å². The average molecular weight is 286 g/mol. The van der Waals surface area contributed by atoms with Crippen molar-refractivity contribution in [3.63, 3.8) is 0 Å². The number of thiophene rings is 1. The third kappa shape index (κ3) is 2.89. The Morgan fingerprint density at radius 3 is 3.16 bits per heavy atom. The number of nitrogens with one attached hydrogen (secondary N) is 1. The number of nitrogens with zero attached hydrogens (tertiary/aromatic N) is 3. The second-order valence-corrected chi connectivity index (χ2v) is 5.49. The molecule has 0 aromatic carbocycles. The Morgan fingerprint density at radius 1 is 1.26 bits per heavy atom. The summed E-state index contributed by atoms with van der Waals surface area (Å²) in [5, 5.41) is 6.39. The van der Waals surface area contributed by atoms with Crippen LogP contribution < -0.4 is 5.32 Å². The number of aromatic nitrogens is 3. The molecule has 19 heavy (non-hydrogen) atoms. The molecule has 3 heterocycles. The first-order valence-corrected chi connectivity index (χ1v) is 7.49. The molecule has 0 amide bonds. The molecule has 0 bridgehead atoms. The Morgan fingerprint density at radius 2 is 2.26 bits per heavy atom. The second kappa shape index (κ2) is 5.78. The van der Waals surface area contributed by atoms with Crippen molar-refractivity contribution >= 4 is 38.7 Å². The Hall–Kier alpha value is -1.97. The molecule has 0 fully saturated rings. The summed E-state index contributed by atoms with van der Waals surface area (Å²) < 4.78 is 0. The Bertz CT molecular complexity index is 722. The van der Waals surface area contributed by atoms with Gasteiger partial charge in [-0.3, -0.25) is 4.98 Å². The van der Waals surface area contributed by atoms with Crippen LogP contribution in [0.2, 0.25) is 0 Å². The van der Waals surface area contributed by atoms with Gasteiger partial charge in [-0.15, -0.1) is 22.7 Å². The van der Waals surface area contributed by atoms with Crippen LogP contribution >= 0.6 is 22.7 Å². The van der Waals surface area contributed by atoms with Gasteiger partial charge in [-0.25, -0.2) is 9.97 Å². The summed E-state index contributed by atoms with van der Waals surface area (Å²) in [5.74, 6) is 7.08. The molecule has 4 nitrogen and oxygen atoms in total. The molecule has 3 aromatic heterocycles. The number of anilines is 1. The number of fused-ring (bicyclic) bond motifs is 1. The van der Waals surface area contributed by atoms with Crippen molar-refractivity contribution in [3.05, 3.63) is 34.4 Å². The van der Waals surface area contributed by atoms with Crippen LogP contribution in [0.25, 0.3) is 10.2 Å². The molecule has 0 radical (unpaired) electrons. The number of hydrogen-bond donors (Lipinski definition) is 1. The van der Waals surface area contributed by atoms with Gasteiger partial charge in [-0.05, 0) is 11.4 Å². The van der Waals surface area contributed by atoms with E-state index in [0.717, 1.165) is 33.9 Å². The monoisotopic (exact) mass is 286 g/mol. The lowest BCUT2D eigenvalue weighted by Gasteiger charge is -2.03. The molecule has 0 saturated carbocycles. The maximum atomic E-state index is 4.25. The highest BCUT2D eigenvalue weighted by atomic mass is 32.1. The van der Waals surface area contributed by atoms with E-state index in [0.29, 0.717) is 0 Å². The van der Waals surface area contributed by atoms with E-state index >= 15 is 0 Å². The van der Waals surface area contributed by atoms with E-state index in [1.165, 1.54) is 0 Å². The van der Waals surface area contributed by atoms with E-state index in [4.69, 9.17) is 0 Å². The molecule has 0 atom stereocenters. The summed E-state index contributed by atoms with van der Waals surface area (Å²) in [6.45, 7) is 0.772. The van der Waals surface area contributed by atoms with E-state index < -0.39 is 0 Å². The van der Waals surface area contributed by atoms with Gasteiger partial charge in [0.15, 0.2) is 0 Å². The van der Waals surface area contributed by atoms with E-state index in [9.17, 15) is 0 Å². The van der Waals surface area contributed by atoms with Crippen LogP contribution in [-0.4, -0.2) is 21.5 Å². The number of hydrogen-bond acceptors (Lipinski definition) is 6. The predicted molar refractivity (Wildman–Crippen MR) is 79.5 cm³/mol. The molecule has 3 rings (SSSR count). The first-order chi connectivity index (χ1) is 9.43. The molecule has 0 saturated heterocycles. The first-order valence-electron chi connectivity index (χ1n) is 5.73. The van der Waals surface area contributed by atoms with E-state index in [1.54, 1.807) is 40.7 Å². The van der Waals surface area contributed by atoms with Gasteiger partial charge >= 0.3 is 0 Å². The number of thiazole rings is 1. The summed E-state index contributed by atoms with van der Waals surface area (Å²) in [6.07, 6.45) is 4.14. The van der Waals surface area contributed by atoms with Crippen LogP contribution in [0.1, 0.15) is 11.3 Å². The molecule has 0 unspecified atom stereocenters. The smallest absolute Gasteiger partial charge is 0.138 e. The minimum Gasteiger partial charge on any atom is -0.368 e. The number of rotatable bonds is 3. The molecule has 0 spiro atoms. The SMILES string of the molecule is C(#Cc1cncs1)CCNc1ncnc2sccc12. The zero-order valence-electron chi connectivity index (χ0n) is 9.96. The Kier molecular flexibility index (Phi) is 3.68. The molecule has 3 aromatic rings. The maximum Gasteiger partial charge on any atom is 0.138 e. The molecule has 0 aliphatic carbocycles. The van der Waals surface area contributed by atoms with Gasteiger partial charge in [-0.2, -0.15) is 0 Å². The highest BCUT2D eigenvalue weighted by Crippen LogP contribution is 2.23. The summed E-state index contributed by atoms with van der Waals surface area (Å²) in [6, 6.07) is 2.03. The van der Waals surface area contributed by atoms with E-state index in [1.807, 2.05) is 11.4 Å². The predicted octanol–water partition coefficient (Wildman–Crippen LogP) is 3.00. The van der Waals surface area contributed by atoms with Gasteiger partial charge in [0.2, 0.25) is 0 Å². The van der Waals surface area contributed by atoms with Crippen molar-refractivity contribution in [3.8, 4) is 11.8 Å². The average Bonchev–Trinajstić information content (AvgIpc) is 3.09. The van der Waals surface area contributed by atoms with Crippen LogP contribution in [-0.2, 0) is 0 Å². The van der Waals surface area contributed by atoms with Crippen molar-refractivity contribution in [1.29, 1.82) is 0 Å². The molecule has 0 aliphatic heterocycles. The third-order valence-corrected chi connectivity index (χ3v) is 3.96. The molecule has 1 N–H and O–H groups in total. The van der Waals surface area contributed by atoms with Crippen molar-refractivity contribution in [2.45, 2.75) is 6.42 Å². The topological polar surface area (TPSA) is 50.7 Å². The standard InChI is InChI=1S/C13H10N4S2/c1(3-10-7-14-9-19-10)2-5-15-12-11-4-6-18-13(11)17-8-16-12/h4,6-9H,2,5H2,(H,15,16,17). The van der Waals surface area contributed by atoms with Crippen LogP contribution in [0.3, 0.4) is 0 Å². The zero-order valence-corrected chi connectivity index (χ0v) is 11.6. The summed E-state index contributed by atoms with van der Waals surface area (Å²) in [4.78, 5) is 14.5. The van der Waals surface area contributed by atoms with Crippen LogP contribution in [0.4, 0.5) is 5.82 Å². The van der Waals surface area contributed by atoms with Crippen LogP contribution in [0.15, 0.2) is 29.5 Å². The van der Waals surface area contributed by atoms with E-state index in [2.05, 4.69) is 32.1 Å². The molecular formula is C13H10N4S2. The molecular weight excluding hydrogens is 276 g/mol. The van der Waals surface area contributed by atoms with Crippen molar-refractivity contribution < 1.29 is 0 Å². The largest absolute Gasteiger partial charge is 0.368 e. The van der Waals surface area contributed by atoms with Gasteiger partial charge < -0.3 is 5.32 Å². The molecule has 94 valence electrons. The van der Waals surface area contributed by atoms with Crippen molar-refractivity contribution in [2.24, 2.45) is 0 Å². The zero-order chi connectivity index (χ0) is 12.9. The fourth-order valence-corrected chi connectivity index (χ4v) is 2.82. The fourth-order valence-electron chi connectivity index (χ4n) is 1.60. The summed E-state index contributed by atoms with van der Waals surface area (Å²) in [5.41, 5.74) is 1.79. The lowest BCUT2D eigenvalue weighted by molar-refractivity contribution is 1.07. The lowest BCUT2D eigenvalue weighted by Crippen LogP contribution is -2.02. The summed E-state index contributed by atoms with van der Waals surface area (Å²) >= 11 is 3.17. The van der Waals surface area contributed by atoms with Gasteiger partial charge in [0, 0.05) is 13.0 Å². The Labute approximate surface area is 118 Å². The second-order valence-electron chi connectivity index (χ2n) is 3.71. The molecule has 6 heteroatoms. The fraction of sp³-hybridized carbons (Fsp3) is 0.154. The minimum atomic E-state index is 0.771. The summed E-state index contributed by atoms with van der Waals surface area (Å²) in [7, 11) is 0. The lowest BCUT2D eigenvalue weighted by atomic mass is 10.3. The van der Waals surface area contributed by atoms with Crippen LogP contribution in [0, 0.1) is 11.8 Å². The quantitative estimate of drug-likeness (QED) is 0.594. The van der Waals surface area contributed by atoms with E-state index in [-0.39, 0.29) is 0 Å². The highest BCUT2D eigenvalue weighted by molar-refractivity contribution is 7.16. The maximum absolute atomic E-state index is 4.25. The van der Waals surface area contributed by atoms with Gasteiger partial charge in [0.05, 0.1) is 22.0 Å². The highest BCUT2D eigenvalue weighted by Gasteiger charge is 2.02. The molecule has 0 aliphatic rings. The Balaban J connectivity index is 1.59. The minimum absolute atomic E-state index is 0.771.